The van der Waals surface area contributed by atoms with Crippen LogP contribution in [0.1, 0.15) is 11.4 Å². The smallest absolute Gasteiger partial charge is 0.321 e. The van der Waals surface area contributed by atoms with Crippen molar-refractivity contribution < 1.29 is 14.3 Å². The number of anilines is 2. The summed E-state index contributed by atoms with van der Waals surface area (Å²) in [5.74, 6) is 1.27. The number of nitrogens with zero attached hydrogens (tertiary/aromatic N) is 3. The molecule has 0 radical (unpaired) electrons. The van der Waals surface area contributed by atoms with Gasteiger partial charge in [-0.1, -0.05) is 0 Å². The molecule has 1 fully saturated rings. The molecular weight excluding hydrogens is 334 g/mol. The van der Waals surface area contributed by atoms with Gasteiger partial charge in [-0.15, -0.1) is 0 Å². The molecule has 0 atom stereocenters. The van der Waals surface area contributed by atoms with Gasteiger partial charge in [-0.25, -0.2) is 4.79 Å². The Balaban J connectivity index is 1.62. The predicted molar refractivity (Wildman–Crippen MR) is 100 cm³/mol. The van der Waals surface area contributed by atoms with Crippen molar-refractivity contribution in [2.24, 2.45) is 0 Å². The number of aromatic nitrogens is 2. The van der Waals surface area contributed by atoms with Gasteiger partial charge in [0.2, 0.25) is 0 Å². The highest BCUT2D eigenvalue weighted by molar-refractivity contribution is 5.90. The molecule has 2 aromatic rings. The normalized spacial score (nSPS) is 14.3. The average molecular weight is 359 g/mol. The summed E-state index contributed by atoms with van der Waals surface area (Å²) in [6.07, 6.45) is 0. The van der Waals surface area contributed by atoms with Crippen LogP contribution in [0.5, 0.6) is 11.5 Å². The van der Waals surface area contributed by atoms with Crippen LogP contribution in [0, 0.1) is 13.8 Å². The van der Waals surface area contributed by atoms with Crippen molar-refractivity contribution in [3.8, 4) is 11.5 Å². The number of hydrogen-bond acceptors (Lipinski definition) is 5. The number of benzene rings is 1. The van der Waals surface area contributed by atoms with Gasteiger partial charge in [0.25, 0.3) is 0 Å². The first-order valence-corrected chi connectivity index (χ1v) is 8.57. The van der Waals surface area contributed by atoms with E-state index in [-0.39, 0.29) is 6.03 Å². The molecular formula is C18H25N5O3. The van der Waals surface area contributed by atoms with Gasteiger partial charge in [0, 0.05) is 50.1 Å². The number of H-pyrrole nitrogens is 1. The molecule has 2 heterocycles. The minimum absolute atomic E-state index is 0.124. The van der Waals surface area contributed by atoms with E-state index in [1.807, 2.05) is 18.7 Å². The molecule has 2 amide bonds. The van der Waals surface area contributed by atoms with Crippen molar-refractivity contribution in [1.82, 2.24) is 15.1 Å². The van der Waals surface area contributed by atoms with Crippen LogP contribution in [-0.4, -0.2) is 61.5 Å². The van der Waals surface area contributed by atoms with Crippen molar-refractivity contribution >= 4 is 17.4 Å². The van der Waals surface area contributed by atoms with Gasteiger partial charge in [0.15, 0.2) is 0 Å². The molecule has 140 valence electrons. The maximum Gasteiger partial charge on any atom is 0.321 e. The summed E-state index contributed by atoms with van der Waals surface area (Å²) in [4.78, 5) is 16.7. The molecule has 0 aliphatic carbocycles. The third-order valence-electron chi connectivity index (χ3n) is 4.58. The molecule has 0 unspecified atom stereocenters. The average Bonchev–Trinajstić information content (AvgIpc) is 2.99. The summed E-state index contributed by atoms with van der Waals surface area (Å²) < 4.78 is 10.5. The Labute approximate surface area is 153 Å². The summed E-state index contributed by atoms with van der Waals surface area (Å²) in [5, 5.41) is 10.2. The van der Waals surface area contributed by atoms with Gasteiger partial charge in [-0.2, -0.15) is 5.10 Å². The van der Waals surface area contributed by atoms with Gasteiger partial charge in [-0.05, 0) is 13.8 Å². The maximum absolute atomic E-state index is 12.6. The Morgan fingerprint density at radius 2 is 1.69 bits per heavy atom. The molecule has 1 aliphatic rings. The fraction of sp³-hybridized carbons (Fsp3) is 0.444. The number of amides is 2. The van der Waals surface area contributed by atoms with E-state index in [4.69, 9.17) is 9.47 Å². The number of carbonyl (C=O) groups excluding carboxylic acids is 1. The zero-order valence-corrected chi connectivity index (χ0v) is 15.6. The molecule has 1 aromatic carbocycles. The Kier molecular flexibility index (Phi) is 5.20. The van der Waals surface area contributed by atoms with E-state index in [2.05, 4.69) is 20.4 Å². The summed E-state index contributed by atoms with van der Waals surface area (Å²) >= 11 is 0. The molecule has 8 heteroatoms. The van der Waals surface area contributed by atoms with Crippen molar-refractivity contribution in [1.29, 1.82) is 0 Å². The predicted octanol–water partition coefficient (Wildman–Crippen LogP) is 2.40. The second-order valence-electron chi connectivity index (χ2n) is 6.29. The fourth-order valence-electron chi connectivity index (χ4n) is 3.23. The minimum atomic E-state index is -0.124. The van der Waals surface area contributed by atoms with E-state index >= 15 is 0 Å². The first kappa shape index (κ1) is 17.9. The molecule has 0 saturated carbocycles. The fourth-order valence-corrected chi connectivity index (χ4v) is 3.23. The van der Waals surface area contributed by atoms with Gasteiger partial charge in [0.1, 0.15) is 11.5 Å². The van der Waals surface area contributed by atoms with Gasteiger partial charge >= 0.3 is 6.03 Å². The Morgan fingerprint density at radius 1 is 1.08 bits per heavy atom. The summed E-state index contributed by atoms with van der Waals surface area (Å²) in [6, 6.07) is 5.19. The summed E-state index contributed by atoms with van der Waals surface area (Å²) in [6.45, 7) is 6.86. The highest BCUT2D eigenvalue weighted by Gasteiger charge is 2.24. The second-order valence-corrected chi connectivity index (χ2v) is 6.29. The van der Waals surface area contributed by atoms with Crippen molar-refractivity contribution in [2.75, 3.05) is 50.6 Å². The first-order valence-electron chi connectivity index (χ1n) is 8.57. The quantitative estimate of drug-likeness (QED) is 0.876. The molecule has 1 aromatic heterocycles. The standard InChI is InChI=1S/C18H25N5O3/c1-12-17(13(2)21-20-12)22-5-7-23(8-6-22)18(24)19-14-9-15(25-3)11-16(10-14)26-4/h9-11H,5-8H2,1-4H3,(H,19,24)(H,20,21). The number of nitrogens with one attached hydrogen (secondary N) is 2. The van der Waals surface area contributed by atoms with Crippen LogP contribution < -0.4 is 19.7 Å². The van der Waals surface area contributed by atoms with E-state index in [1.54, 1.807) is 32.4 Å². The van der Waals surface area contributed by atoms with E-state index in [0.29, 0.717) is 30.3 Å². The molecule has 26 heavy (non-hydrogen) atoms. The number of ether oxygens (including phenoxy) is 2. The van der Waals surface area contributed by atoms with Crippen LogP contribution in [0.2, 0.25) is 0 Å². The van der Waals surface area contributed by atoms with Gasteiger partial charge < -0.3 is 24.6 Å². The Bertz CT molecular complexity index is 739. The topological polar surface area (TPSA) is 82.7 Å². The maximum atomic E-state index is 12.6. The monoisotopic (exact) mass is 359 g/mol. The first-order chi connectivity index (χ1) is 12.5. The Morgan fingerprint density at radius 3 is 2.19 bits per heavy atom. The molecule has 3 rings (SSSR count). The molecule has 1 saturated heterocycles. The van der Waals surface area contributed by atoms with Crippen LogP contribution in [0.25, 0.3) is 0 Å². The van der Waals surface area contributed by atoms with Crippen molar-refractivity contribution in [3.63, 3.8) is 0 Å². The van der Waals surface area contributed by atoms with Crippen LogP contribution in [0.4, 0.5) is 16.2 Å². The number of methoxy groups -OCH3 is 2. The van der Waals surface area contributed by atoms with Crippen molar-refractivity contribution in [3.05, 3.63) is 29.6 Å². The largest absolute Gasteiger partial charge is 0.497 e. The lowest BCUT2D eigenvalue weighted by Crippen LogP contribution is -2.50. The number of hydrogen-bond donors (Lipinski definition) is 2. The molecule has 2 N–H and O–H groups in total. The van der Waals surface area contributed by atoms with Crippen LogP contribution in [0.3, 0.4) is 0 Å². The number of piperazine rings is 1. The van der Waals surface area contributed by atoms with Gasteiger partial charge in [-0.3, -0.25) is 5.10 Å². The van der Waals surface area contributed by atoms with E-state index in [1.165, 1.54) is 0 Å². The van der Waals surface area contributed by atoms with E-state index in [9.17, 15) is 4.79 Å². The third-order valence-corrected chi connectivity index (χ3v) is 4.58. The molecule has 0 bridgehead atoms. The number of rotatable bonds is 4. The molecule has 8 nitrogen and oxygen atoms in total. The van der Waals surface area contributed by atoms with E-state index < -0.39 is 0 Å². The zero-order valence-electron chi connectivity index (χ0n) is 15.6. The van der Waals surface area contributed by atoms with E-state index in [0.717, 1.165) is 30.2 Å². The molecule has 1 aliphatic heterocycles. The van der Waals surface area contributed by atoms with Crippen LogP contribution in [-0.2, 0) is 0 Å². The summed E-state index contributed by atoms with van der Waals surface area (Å²) in [5.41, 5.74) is 3.84. The lowest BCUT2D eigenvalue weighted by Gasteiger charge is -2.36. The zero-order chi connectivity index (χ0) is 18.7. The number of aromatic amines is 1. The Hall–Kier alpha value is -2.90. The van der Waals surface area contributed by atoms with Crippen molar-refractivity contribution in [2.45, 2.75) is 13.8 Å². The highest BCUT2D eigenvalue weighted by Crippen LogP contribution is 2.27. The SMILES string of the molecule is COc1cc(NC(=O)N2CCN(c3c(C)n[nH]c3C)CC2)cc(OC)c1. The summed E-state index contributed by atoms with van der Waals surface area (Å²) in [7, 11) is 3.17. The van der Waals surface area contributed by atoms with Crippen LogP contribution in [0.15, 0.2) is 18.2 Å². The van der Waals surface area contributed by atoms with Gasteiger partial charge in [0.05, 0.1) is 31.3 Å². The number of carbonyl (C=O) groups is 1. The third kappa shape index (κ3) is 3.68. The lowest BCUT2D eigenvalue weighted by atomic mass is 10.2. The highest BCUT2D eigenvalue weighted by atomic mass is 16.5. The lowest BCUT2D eigenvalue weighted by molar-refractivity contribution is 0.208. The minimum Gasteiger partial charge on any atom is -0.497 e. The second kappa shape index (κ2) is 7.55. The van der Waals surface area contributed by atoms with Crippen LogP contribution >= 0.6 is 0 Å². The number of aryl methyl sites for hydroxylation is 2. The molecule has 0 spiro atoms. The number of urea groups is 1.